The molecule has 0 aliphatic carbocycles. The van der Waals surface area contributed by atoms with E-state index in [1.165, 1.54) is 12.1 Å². The van der Waals surface area contributed by atoms with Crippen molar-refractivity contribution in [2.75, 3.05) is 11.1 Å². The van der Waals surface area contributed by atoms with Gasteiger partial charge in [-0.1, -0.05) is 0 Å². The molecule has 0 saturated heterocycles. The maximum absolute atomic E-state index is 12.8. The van der Waals surface area contributed by atoms with Gasteiger partial charge in [0.15, 0.2) is 0 Å². The van der Waals surface area contributed by atoms with Gasteiger partial charge in [-0.05, 0) is 42.5 Å². The molecule has 0 bridgehead atoms. The number of nitrogens with two attached hydrogens (primary N) is 1. The Balaban J connectivity index is 2.23. The summed E-state index contributed by atoms with van der Waals surface area (Å²) in [5, 5.41) is 11.7. The Labute approximate surface area is 98.3 Å². The molecule has 0 unspecified atom stereocenters. The second kappa shape index (κ2) is 4.54. The predicted octanol–water partition coefficient (Wildman–Crippen LogP) is 3.02. The lowest BCUT2D eigenvalue weighted by Gasteiger charge is -2.09. The van der Waals surface area contributed by atoms with Crippen molar-refractivity contribution in [3.63, 3.8) is 0 Å². The van der Waals surface area contributed by atoms with Crippen LogP contribution in [0.5, 0.6) is 0 Å². The largest absolute Gasteiger partial charge is 0.397 e. The molecule has 2 rings (SSSR count). The molecule has 0 atom stereocenters. The molecule has 2 aromatic rings. The van der Waals surface area contributed by atoms with Crippen LogP contribution in [-0.2, 0) is 0 Å². The van der Waals surface area contributed by atoms with Gasteiger partial charge in [0.05, 0.1) is 23.0 Å². The number of nitrogen functional groups attached to an aromatic ring is 1. The molecule has 0 aliphatic rings. The average molecular weight is 227 g/mol. The molecule has 0 aliphatic heterocycles. The molecule has 2 aromatic carbocycles. The van der Waals surface area contributed by atoms with Gasteiger partial charge in [-0.3, -0.25) is 0 Å². The zero-order valence-electron chi connectivity index (χ0n) is 8.94. The molecule has 17 heavy (non-hydrogen) atoms. The van der Waals surface area contributed by atoms with E-state index in [1.807, 2.05) is 6.07 Å². The van der Waals surface area contributed by atoms with Gasteiger partial charge in [0.2, 0.25) is 0 Å². The summed E-state index contributed by atoms with van der Waals surface area (Å²) in [7, 11) is 0. The maximum Gasteiger partial charge on any atom is 0.125 e. The fourth-order valence-corrected chi connectivity index (χ4v) is 1.43. The number of rotatable bonds is 2. The molecule has 0 saturated carbocycles. The number of nitrogens with one attached hydrogen (secondary N) is 1. The second-order valence-electron chi connectivity index (χ2n) is 3.55. The normalized spacial score (nSPS) is 9.65. The van der Waals surface area contributed by atoms with E-state index in [9.17, 15) is 4.39 Å². The first-order valence-electron chi connectivity index (χ1n) is 5.01. The third-order valence-corrected chi connectivity index (χ3v) is 2.31. The van der Waals surface area contributed by atoms with Crippen molar-refractivity contribution in [1.82, 2.24) is 0 Å². The van der Waals surface area contributed by atoms with E-state index in [-0.39, 0.29) is 5.82 Å². The van der Waals surface area contributed by atoms with Gasteiger partial charge in [-0.25, -0.2) is 4.39 Å². The number of hydrogen-bond acceptors (Lipinski definition) is 3. The van der Waals surface area contributed by atoms with Crippen molar-refractivity contribution in [3.8, 4) is 6.07 Å². The van der Waals surface area contributed by atoms with E-state index in [1.54, 1.807) is 30.3 Å². The Morgan fingerprint density at radius 2 is 1.82 bits per heavy atom. The molecule has 0 heterocycles. The van der Waals surface area contributed by atoms with Crippen LogP contribution in [0.25, 0.3) is 0 Å². The standard InChI is InChI=1S/C13H10FN3/c14-10-3-6-13(12(16)7-10)17-11-4-1-9(8-15)2-5-11/h1-7,17H,16H2. The summed E-state index contributed by atoms with van der Waals surface area (Å²) in [6, 6.07) is 13.1. The Morgan fingerprint density at radius 3 is 2.41 bits per heavy atom. The molecular weight excluding hydrogens is 217 g/mol. The highest BCUT2D eigenvalue weighted by molar-refractivity contribution is 5.72. The number of halogens is 1. The maximum atomic E-state index is 12.8. The monoisotopic (exact) mass is 227 g/mol. The van der Waals surface area contributed by atoms with Gasteiger partial charge in [-0.15, -0.1) is 0 Å². The molecule has 84 valence electrons. The van der Waals surface area contributed by atoms with Crippen LogP contribution in [-0.4, -0.2) is 0 Å². The van der Waals surface area contributed by atoms with Crippen molar-refractivity contribution in [2.45, 2.75) is 0 Å². The summed E-state index contributed by atoms with van der Waals surface area (Å²) >= 11 is 0. The van der Waals surface area contributed by atoms with Crippen molar-refractivity contribution in [2.24, 2.45) is 0 Å². The van der Waals surface area contributed by atoms with E-state index in [4.69, 9.17) is 11.0 Å². The average Bonchev–Trinajstić information content (AvgIpc) is 2.34. The molecule has 3 nitrogen and oxygen atoms in total. The topological polar surface area (TPSA) is 61.8 Å². The highest BCUT2D eigenvalue weighted by Crippen LogP contribution is 2.23. The van der Waals surface area contributed by atoms with E-state index in [0.717, 1.165) is 5.69 Å². The SMILES string of the molecule is N#Cc1ccc(Nc2ccc(F)cc2N)cc1. The van der Waals surface area contributed by atoms with Gasteiger partial charge in [0.25, 0.3) is 0 Å². The lowest BCUT2D eigenvalue weighted by molar-refractivity contribution is 0.628. The fourth-order valence-electron chi connectivity index (χ4n) is 1.43. The van der Waals surface area contributed by atoms with Crippen molar-refractivity contribution in [1.29, 1.82) is 5.26 Å². The first-order chi connectivity index (χ1) is 8.19. The number of hydrogen-bond donors (Lipinski definition) is 2. The lowest BCUT2D eigenvalue weighted by atomic mass is 10.2. The Morgan fingerprint density at radius 1 is 1.12 bits per heavy atom. The van der Waals surface area contributed by atoms with Crippen molar-refractivity contribution >= 4 is 17.1 Å². The van der Waals surface area contributed by atoms with Crippen LogP contribution in [0.15, 0.2) is 42.5 Å². The molecule has 0 aromatic heterocycles. The van der Waals surface area contributed by atoms with Crippen LogP contribution in [0.4, 0.5) is 21.5 Å². The van der Waals surface area contributed by atoms with Crippen LogP contribution in [0.1, 0.15) is 5.56 Å². The van der Waals surface area contributed by atoms with Crippen LogP contribution < -0.4 is 11.1 Å². The third kappa shape index (κ3) is 2.52. The van der Waals surface area contributed by atoms with Crippen LogP contribution in [0.3, 0.4) is 0 Å². The minimum Gasteiger partial charge on any atom is -0.397 e. The van der Waals surface area contributed by atoms with Gasteiger partial charge < -0.3 is 11.1 Å². The number of anilines is 3. The molecular formula is C13H10FN3. The lowest BCUT2D eigenvalue weighted by Crippen LogP contribution is -1.96. The van der Waals surface area contributed by atoms with E-state index in [0.29, 0.717) is 16.9 Å². The van der Waals surface area contributed by atoms with Gasteiger partial charge in [0.1, 0.15) is 5.82 Å². The first kappa shape index (κ1) is 11.0. The Hall–Kier alpha value is -2.54. The van der Waals surface area contributed by atoms with E-state index >= 15 is 0 Å². The quantitative estimate of drug-likeness (QED) is 0.775. The second-order valence-corrected chi connectivity index (χ2v) is 3.55. The first-order valence-corrected chi connectivity index (χ1v) is 5.01. The Kier molecular flexibility index (Phi) is 2.93. The highest BCUT2D eigenvalue weighted by atomic mass is 19.1. The zero-order valence-corrected chi connectivity index (χ0v) is 8.94. The summed E-state index contributed by atoms with van der Waals surface area (Å²) in [4.78, 5) is 0. The van der Waals surface area contributed by atoms with E-state index in [2.05, 4.69) is 5.32 Å². The van der Waals surface area contributed by atoms with Crippen LogP contribution in [0.2, 0.25) is 0 Å². The third-order valence-electron chi connectivity index (χ3n) is 2.31. The molecule has 4 heteroatoms. The van der Waals surface area contributed by atoms with Crippen molar-refractivity contribution in [3.05, 3.63) is 53.8 Å². The van der Waals surface area contributed by atoms with Crippen LogP contribution in [0, 0.1) is 17.1 Å². The number of benzene rings is 2. The minimum absolute atomic E-state index is 0.342. The molecule has 3 N–H and O–H groups in total. The molecule has 0 fully saturated rings. The summed E-state index contributed by atoms with van der Waals surface area (Å²) in [6.45, 7) is 0. The van der Waals surface area contributed by atoms with Gasteiger partial charge in [0, 0.05) is 5.69 Å². The summed E-state index contributed by atoms with van der Waals surface area (Å²) in [6.07, 6.45) is 0. The van der Waals surface area contributed by atoms with E-state index < -0.39 is 0 Å². The highest BCUT2D eigenvalue weighted by Gasteiger charge is 2.01. The number of nitriles is 1. The molecule has 0 radical (unpaired) electrons. The predicted molar refractivity (Wildman–Crippen MR) is 65.3 cm³/mol. The Bertz CT molecular complexity index is 570. The van der Waals surface area contributed by atoms with Crippen LogP contribution >= 0.6 is 0 Å². The summed E-state index contributed by atoms with van der Waals surface area (Å²) < 4.78 is 12.8. The summed E-state index contributed by atoms with van der Waals surface area (Å²) in [5.41, 5.74) is 8.03. The number of nitrogens with zero attached hydrogens (tertiary/aromatic N) is 1. The summed E-state index contributed by atoms with van der Waals surface area (Å²) in [5.74, 6) is -0.368. The molecule has 0 amide bonds. The van der Waals surface area contributed by atoms with Gasteiger partial charge in [-0.2, -0.15) is 5.26 Å². The van der Waals surface area contributed by atoms with Gasteiger partial charge >= 0.3 is 0 Å². The fraction of sp³-hybridized carbons (Fsp3) is 0. The molecule has 0 spiro atoms. The minimum atomic E-state index is -0.368. The smallest absolute Gasteiger partial charge is 0.125 e. The zero-order chi connectivity index (χ0) is 12.3. The van der Waals surface area contributed by atoms with Crippen molar-refractivity contribution < 1.29 is 4.39 Å².